The van der Waals surface area contributed by atoms with E-state index >= 15 is 0 Å². The minimum absolute atomic E-state index is 0.231. The Labute approximate surface area is 208 Å². The lowest BCUT2D eigenvalue weighted by atomic mass is 9.91. The van der Waals surface area contributed by atoms with Crippen LogP contribution in [0.2, 0.25) is 0 Å². The van der Waals surface area contributed by atoms with Crippen molar-refractivity contribution >= 4 is 11.5 Å². The van der Waals surface area contributed by atoms with Gasteiger partial charge in [-0.1, -0.05) is 12.1 Å². The number of anilines is 2. The van der Waals surface area contributed by atoms with Gasteiger partial charge in [0.15, 0.2) is 0 Å². The third-order valence-electron chi connectivity index (χ3n) is 7.30. The highest BCUT2D eigenvalue weighted by molar-refractivity contribution is 5.70. The van der Waals surface area contributed by atoms with E-state index in [4.69, 9.17) is 14.2 Å². The maximum Gasteiger partial charge on any atom is 0.149 e. The van der Waals surface area contributed by atoms with E-state index in [0.29, 0.717) is 37.4 Å². The molecule has 0 unspecified atom stereocenters. The number of aromatic nitrogens is 1. The van der Waals surface area contributed by atoms with Crippen molar-refractivity contribution < 1.29 is 18.6 Å². The minimum Gasteiger partial charge on any atom is -0.383 e. The van der Waals surface area contributed by atoms with Crippen LogP contribution in [-0.2, 0) is 14.2 Å². The predicted molar refractivity (Wildman–Crippen MR) is 137 cm³/mol. The van der Waals surface area contributed by atoms with Crippen molar-refractivity contribution in [2.24, 2.45) is 0 Å². The molecule has 0 radical (unpaired) electrons. The number of rotatable bonds is 11. The first-order valence-electron chi connectivity index (χ1n) is 12.7. The molecule has 1 aromatic carbocycles. The summed E-state index contributed by atoms with van der Waals surface area (Å²) in [5.41, 5.74) is 2.08. The van der Waals surface area contributed by atoms with Crippen LogP contribution in [0, 0.1) is 5.82 Å². The Kier molecular flexibility index (Phi) is 9.31. The first-order chi connectivity index (χ1) is 17.1. The third-order valence-corrected chi connectivity index (χ3v) is 7.30. The van der Waals surface area contributed by atoms with Gasteiger partial charge in [-0.25, -0.2) is 9.37 Å². The van der Waals surface area contributed by atoms with Gasteiger partial charge >= 0.3 is 0 Å². The molecule has 1 saturated carbocycles. The minimum atomic E-state index is -0.323. The van der Waals surface area contributed by atoms with E-state index in [1.54, 1.807) is 14.2 Å². The summed E-state index contributed by atoms with van der Waals surface area (Å²) in [6.45, 7) is 3.72. The molecular weight excluding hydrogens is 447 g/mol. The van der Waals surface area contributed by atoms with Gasteiger partial charge in [0.2, 0.25) is 0 Å². The molecule has 2 fully saturated rings. The summed E-state index contributed by atoms with van der Waals surface area (Å²) >= 11 is 0. The summed E-state index contributed by atoms with van der Waals surface area (Å²) in [6, 6.07) is 10.6. The molecular formula is C27H39FN4O3. The van der Waals surface area contributed by atoms with E-state index in [0.717, 1.165) is 68.7 Å². The summed E-state index contributed by atoms with van der Waals surface area (Å²) < 4.78 is 31.2. The zero-order chi connectivity index (χ0) is 24.5. The molecule has 4 rings (SSSR count). The van der Waals surface area contributed by atoms with Crippen molar-refractivity contribution in [3.05, 3.63) is 42.3 Å². The number of benzene rings is 1. The molecule has 1 saturated heterocycles. The highest BCUT2D eigenvalue weighted by Crippen LogP contribution is 2.30. The molecule has 0 amide bonds. The Morgan fingerprint density at radius 2 is 1.86 bits per heavy atom. The fourth-order valence-corrected chi connectivity index (χ4v) is 5.01. The van der Waals surface area contributed by atoms with Crippen LogP contribution >= 0.6 is 0 Å². The predicted octanol–water partition coefficient (Wildman–Crippen LogP) is 4.45. The van der Waals surface area contributed by atoms with Crippen LogP contribution in [0.4, 0.5) is 15.9 Å². The van der Waals surface area contributed by atoms with Crippen molar-refractivity contribution in [2.75, 3.05) is 57.8 Å². The van der Waals surface area contributed by atoms with Crippen LogP contribution < -0.4 is 16.0 Å². The van der Waals surface area contributed by atoms with E-state index in [1.165, 1.54) is 6.20 Å². The number of nitrogens with one attached hydrogen (secondary N) is 3. The Bertz CT molecular complexity index is 930. The number of pyridine rings is 1. The van der Waals surface area contributed by atoms with Gasteiger partial charge in [0.1, 0.15) is 11.6 Å². The van der Waals surface area contributed by atoms with Crippen molar-refractivity contribution in [3.63, 3.8) is 0 Å². The summed E-state index contributed by atoms with van der Waals surface area (Å²) in [4.78, 5) is 4.32. The van der Waals surface area contributed by atoms with Crippen molar-refractivity contribution in [2.45, 2.75) is 56.2 Å². The fourth-order valence-electron chi connectivity index (χ4n) is 5.01. The second-order valence-corrected chi connectivity index (χ2v) is 9.62. The summed E-state index contributed by atoms with van der Waals surface area (Å²) in [7, 11) is 3.48. The summed E-state index contributed by atoms with van der Waals surface area (Å²) in [6.07, 6.45) is 7.37. The number of nitrogens with zero attached hydrogens (tertiary/aromatic N) is 1. The first kappa shape index (κ1) is 25.8. The van der Waals surface area contributed by atoms with Crippen molar-refractivity contribution in [1.29, 1.82) is 0 Å². The maximum atomic E-state index is 14.8. The smallest absolute Gasteiger partial charge is 0.149 e. The fraction of sp³-hybridized carbons (Fsp3) is 0.593. The van der Waals surface area contributed by atoms with E-state index in [-0.39, 0.29) is 11.4 Å². The third kappa shape index (κ3) is 7.13. The highest BCUT2D eigenvalue weighted by Gasteiger charge is 2.32. The number of hydrogen-bond acceptors (Lipinski definition) is 7. The molecule has 0 spiro atoms. The van der Waals surface area contributed by atoms with E-state index in [1.807, 2.05) is 30.3 Å². The molecule has 1 aromatic heterocycles. The van der Waals surface area contributed by atoms with Crippen LogP contribution in [0.15, 0.2) is 36.5 Å². The molecule has 35 heavy (non-hydrogen) atoms. The molecule has 1 aliphatic heterocycles. The molecule has 0 atom stereocenters. The standard InChI is InChI=1S/C27H39FN4O3/c1-33-15-12-29-21-6-8-22(9-7-21)32-26-17-24(25(28)18-30-26)20-4-3-5-23(16-20)31-19-27(34-2)10-13-35-14-11-27/h3-5,16-18,21-22,29,31H,6-15,19H2,1-2H3,(H,30,32). The van der Waals surface area contributed by atoms with E-state index in [9.17, 15) is 4.39 Å². The lowest BCUT2D eigenvalue weighted by Gasteiger charge is -2.36. The van der Waals surface area contributed by atoms with Crippen LogP contribution in [-0.4, -0.2) is 69.8 Å². The Morgan fingerprint density at radius 3 is 2.60 bits per heavy atom. The molecule has 8 heteroatoms. The van der Waals surface area contributed by atoms with Crippen molar-refractivity contribution in [3.8, 4) is 11.1 Å². The first-order valence-corrected chi connectivity index (χ1v) is 12.7. The number of methoxy groups -OCH3 is 2. The van der Waals surface area contributed by atoms with Gasteiger partial charge < -0.3 is 30.2 Å². The summed E-state index contributed by atoms with van der Waals surface area (Å²) in [5.74, 6) is 0.396. The zero-order valence-corrected chi connectivity index (χ0v) is 20.9. The maximum absolute atomic E-state index is 14.8. The molecule has 2 aromatic rings. The molecule has 1 aliphatic carbocycles. The van der Waals surface area contributed by atoms with Crippen LogP contribution in [0.25, 0.3) is 11.1 Å². The lowest BCUT2D eigenvalue weighted by Crippen LogP contribution is -2.44. The largest absolute Gasteiger partial charge is 0.383 e. The molecule has 2 heterocycles. The summed E-state index contributed by atoms with van der Waals surface area (Å²) in [5, 5.41) is 10.6. The Morgan fingerprint density at radius 1 is 1.09 bits per heavy atom. The SMILES string of the molecule is COCCNC1CCC(Nc2cc(-c3cccc(NCC4(OC)CCOCC4)c3)c(F)cn2)CC1. The van der Waals surface area contributed by atoms with Gasteiger partial charge in [-0.3, -0.25) is 0 Å². The van der Waals surface area contributed by atoms with Crippen LogP contribution in [0.3, 0.4) is 0 Å². The van der Waals surface area contributed by atoms with Gasteiger partial charge in [-0.05, 0) is 49.4 Å². The number of hydrogen-bond donors (Lipinski definition) is 3. The van der Waals surface area contributed by atoms with E-state index in [2.05, 4.69) is 20.9 Å². The molecule has 0 bridgehead atoms. The van der Waals surface area contributed by atoms with E-state index < -0.39 is 0 Å². The zero-order valence-electron chi connectivity index (χ0n) is 20.9. The average molecular weight is 487 g/mol. The highest BCUT2D eigenvalue weighted by atomic mass is 19.1. The van der Waals surface area contributed by atoms with Crippen molar-refractivity contribution in [1.82, 2.24) is 10.3 Å². The quantitative estimate of drug-likeness (QED) is 0.405. The molecule has 192 valence electrons. The second-order valence-electron chi connectivity index (χ2n) is 9.62. The Balaban J connectivity index is 1.37. The van der Waals surface area contributed by atoms with Gasteiger partial charge in [-0.15, -0.1) is 0 Å². The molecule has 2 aliphatic rings. The topological polar surface area (TPSA) is 76.7 Å². The number of halogens is 1. The normalized spacial score (nSPS) is 22.0. The van der Waals surface area contributed by atoms with Gasteiger partial charge in [0.05, 0.1) is 18.4 Å². The second kappa shape index (κ2) is 12.6. The average Bonchev–Trinajstić information content (AvgIpc) is 2.90. The van der Waals surface area contributed by atoms with Gasteiger partial charge in [0, 0.05) is 76.7 Å². The number of ether oxygens (including phenoxy) is 3. The molecule has 3 N–H and O–H groups in total. The van der Waals surface area contributed by atoms with Crippen LogP contribution in [0.5, 0.6) is 0 Å². The lowest BCUT2D eigenvalue weighted by molar-refractivity contribution is -0.0807. The molecule has 7 nitrogen and oxygen atoms in total. The van der Waals surface area contributed by atoms with Gasteiger partial charge in [0.25, 0.3) is 0 Å². The van der Waals surface area contributed by atoms with Gasteiger partial charge in [-0.2, -0.15) is 0 Å². The van der Waals surface area contributed by atoms with Crippen LogP contribution in [0.1, 0.15) is 38.5 Å². The Hall–Kier alpha value is -2.26. The monoisotopic (exact) mass is 486 g/mol.